The summed E-state index contributed by atoms with van der Waals surface area (Å²) in [6.07, 6.45) is 8.07. The van der Waals surface area contributed by atoms with Crippen LogP contribution in [0.3, 0.4) is 0 Å². The minimum Gasteiger partial charge on any atom is -0.444 e. The number of nitrogens with zero attached hydrogens (tertiary/aromatic N) is 1. The minimum absolute atomic E-state index is 0.708. The van der Waals surface area contributed by atoms with E-state index in [9.17, 15) is 0 Å². The fraction of sp³-hybridized carbons (Fsp3) is 0.438. The summed E-state index contributed by atoms with van der Waals surface area (Å²) in [7, 11) is 0. The normalized spacial score (nSPS) is 17.7. The van der Waals surface area contributed by atoms with E-state index < -0.39 is 0 Å². The van der Waals surface area contributed by atoms with Crippen molar-refractivity contribution in [1.29, 1.82) is 0 Å². The Morgan fingerprint density at radius 1 is 1.21 bits per heavy atom. The molecular formula is C16H18N2O. The number of benzene rings is 1. The van der Waals surface area contributed by atoms with E-state index in [-0.39, 0.29) is 0 Å². The maximum atomic E-state index is 5.61. The van der Waals surface area contributed by atoms with Crippen molar-refractivity contribution in [2.24, 2.45) is 0 Å². The second-order valence-corrected chi connectivity index (χ2v) is 5.64. The summed E-state index contributed by atoms with van der Waals surface area (Å²) >= 11 is 0. The highest BCUT2D eigenvalue weighted by Crippen LogP contribution is 2.27. The molecule has 1 aromatic heterocycles. The van der Waals surface area contributed by atoms with Crippen molar-refractivity contribution < 1.29 is 4.42 Å². The van der Waals surface area contributed by atoms with Gasteiger partial charge in [-0.15, -0.1) is 0 Å². The van der Waals surface area contributed by atoms with E-state index in [0.29, 0.717) is 6.04 Å². The number of nitrogens with one attached hydrogen (secondary N) is 1. The summed E-state index contributed by atoms with van der Waals surface area (Å²) in [5, 5.41) is 3.46. The van der Waals surface area contributed by atoms with Crippen LogP contribution in [-0.4, -0.2) is 11.0 Å². The first-order chi connectivity index (χ1) is 9.38. The van der Waals surface area contributed by atoms with Gasteiger partial charge in [0.25, 0.3) is 0 Å². The van der Waals surface area contributed by atoms with Crippen molar-refractivity contribution in [3.8, 4) is 11.5 Å². The summed E-state index contributed by atoms with van der Waals surface area (Å²) < 4.78 is 5.61. The number of hydrogen-bond donors (Lipinski definition) is 1. The highest BCUT2D eigenvalue weighted by Gasteiger charge is 2.20. The molecule has 0 atom stereocenters. The molecule has 2 aliphatic rings. The zero-order chi connectivity index (χ0) is 12.7. The molecule has 0 saturated heterocycles. The molecule has 0 unspecified atom stereocenters. The molecule has 0 amide bonds. The van der Waals surface area contributed by atoms with Crippen molar-refractivity contribution >= 4 is 0 Å². The lowest BCUT2D eigenvalue weighted by Crippen LogP contribution is -2.15. The first-order valence-corrected chi connectivity index (χ1v) is 7.18. The lowest BCUT2D eigenvalue weighted by molar-refractivity contribution is 0.570. The van der Waals surface area contributed by atoms with E-state index in [1.54, 1.807) is 6.26 Å². The van der Waals surface area contributed by atoms with E-state index in [2.05, 4.69) is 28.5 Å². The molecule has 1 N–H and O–H groups in total. The SMILES string of the molecule is c1cc2c(cc1-c1nc(CNC3CC3)co1)CCC2. The van der Waals surface area contributed by atoms with E-state index in [1.165, 1.54) is 43.2 Å². The lowest BCUT2D eigenvalue weighted by Gasteiger charge is -2.01. The number of oxazole rings is 1. The zero-order valence-electron chi connectivity index (χ0n) is 11.0. The minimum atomic E-state index is 0.708. The van der Waals surface area contributed by atoms with Gasteiger partial charge in [-0.2, -0.15) is 0 Å². The van der Waals surface area contributed by atoms with E-state index >= 15 is 0 Å². The second kappa shape index (κ2) is 4.49. The van der Waals surface area contributed by atoms with Gasteiger partial charge in [-0.3, -0.25) is 0 Å². The Hall–Kier alpha value is -1.61. The van der Waals surface area contributed by atoms with Gasteiger partial charge >= 0.3 is 0 Å². The van der Waals surface area contributed by atoms with E-state index in [1.807, 2.05) is 0 Å². The highest BCUT2D eigenvalue weighted by atomic mass is 16.3. The van der Waals surface area contributed by atoms with Crippen LogP contribution >= 0.6 is 0 Å². The van der Waals surface area contributed by atoms with Crippen LogP contribution in [0.4, 0.5) is 0 Å². The lowest BCUT2D eigenvalue weighted by atomic mass is 10.1. The van der Waals surface area contributed by atoms with Crippen molar-refractivity contribution in [3.05, 3.63) is 41.3 Å². The number of fused-ring (bicyclic) bond motifs is 1. The van der Waals surface area contributed by atoms with Gasteiger partial charge in [0, 0.05) is 18.2 Å². The van der Waals surface area contributed by atoms with Crippen molar-refractivity contribution in [2.45, 2.75) is 44.7 Å². The van der Waals surface area contributed by atoms with Gasteiger partial charge in [0.1, 0.15) is 6.26 Å². The van der Waals surface area contributed by atoms with Gasteiger partial charge in [-0.05, 0) is 55.4 Å². The molecule has 98 valence electrons. The molecule has 1 fully saturated rings. The Morgan fingerprint density at radius 2 is 2.11 bits per heavy atom. The first-order valence-electron chi connectivity index (χ1n) is 7.18. The largest absolute Gasteiger partial charge is 0.444 e. The van der Waals surface area contributed by atoms with Crippen molar-refractivity contribution in [1.82, 2.24) is 10.3 Å². The van der Waals surface area contributed by atoms with Gasteiger partial charge in [-0.1, -0.05) is 6.07 Å². The molecule has 0 aliphatic heterocycles. The van der Waals surface area contributed by atoms with Gasteiger partial charge in [0.15, 0.2) is 0 Å². The summed E-state index contributed by atoms with van der Waals surface area (Å²) in [4.78, 5) is 4.58. The van der Waals surface area contributed by atoms with Crippen molar-refractivity contribution in [3.63, 3.8) is 0 Å². The maximum absolute atomic E-state index is 5.61. The third-order valence-electron chi connectivity index (χ3n) is 4.05. The molecule has 1 saturated carbocycles. The number of rotatable bonds is 4. The monoisotopic (exact) mass is 254 g/mol. The molecule has 4 rings (SSSR count). The zero-order valence-corrected chi connectivity index (χ0v) is 11.0. The molecule has 0 bridgehead atoms. The van der Waals surface area contributed by atoms with Crippen LogP contribution < -0.4 is 5.32 Å². The molecule has 0 radical (unpaired) electrons. The molecule has 1 aromatic carbocycles. The highest BCUT2D eigenvalue weighted by molar-refractivity contribution is 5.56. The van der Waals surface area contributed by atoms with Crippen LogP contribution in [0.2, 0.25) is 0 Å². The number of hydrogen-bond acceptors (Lipinski definition) is 3. The standard InChI is InChI=1S/C16H18N2O/c1-2-11-4-5-13(8-12(11)3-1)16-18-15(10-19-16)9-17-14-6-7-14/h4-5,8,10,14,17H,1-3,6-7,9H2. The quantitative estimate of drug-likeness (QED) is 0.911. The van der Waals surface area contributed by atoms with Crippen LogP contribution in [0.5, 0.6) is 0 Å². The molecule has 0 spiro atoms. The first kappa shape index (κ1) is 11.2. The fourth-order valence-corrected chi connectivity index (χ4v) is 2.76. The summed E-state index contributed by atoms with van der Waals surface area (Å²) in [5.74, 6) is 0.752. The molecule has 3 heteroatoms. The molecule has 2 aliphatic carbocycles. The third-order valence-corrected chi connectivity index (χ3v) is 4.05. The molecule has 1 heterocycles. The van der Waals surface area contributed by atoms with Crippen molar-refractivity contribution in [2.75, 3.05) is 0 Å². The molecule has 2 aromatic rings. The Balaban J connectivity index is 1.54. The molecule has 3 nitrogen and oxygen atoms in total. The van der Waals surface area contributed by atoms with Crippen LogP contribution in [0.15, 0.2) is 28.9 Å². The van der Waals surface area contributed by atoms with Gasteiger partial charge in [0.2, 0.25) is 5.89 Å². The summed E-state index contributed by atoms with van der Waals surface area (Å²) in [5.41, 5.74) is 5.07. The predicted octanol–water partition coefficient (Wildman–Crippen LogP) is 3.08. The molecule has 19 heavy (non-hydrogen) atoms. The smallest absolute Gasteiger partial charge is 0.226 e. The molecular weight excluding hydrogens is 236 g/mol. The van der Waals surface area contributed by atoms with Gasteiger partial charge in [0.05, 0.1) is 5.69 Å². The van der Waals surface area contributed by atoms with Gasteiger partial charge < -0.3 is 9.73 Å². The average molecular weight is 254 g/mol. The Kier molecular flexibility index (Phi) is 2.66. The summed E-state index contributed by atoms with van der Waals surface area (Å²) in [6, 6.07) is 7.31. The second-order valence-electron chi connectivity index (χ2n) is 5.64. The van der Waals surface area contributed by atoms with Gasteiger partial charge in [-0.25, -0.2) is 4.98 Å². The summed E-state index contributed by atoms with van der Waals surface area (Å²) in [6.45, 7) is 0.819. The van der Waals surface area contributed by atoms with Crippen LogP contribution in [0.25, 0.3) is 11.5 Å². The Labute approximate surface area is 113 Å². The third kappa shape index (κ3) is 2.30. The predicted molar refractivity (Wildman–Crippen MR) is 73.8 cm³/mol. The van der Waals surface area contributed by atoms with Crippen LogP contribution in [-0.2, 0) is 19.4 Å². The number of aryl methyl sites for hydroxylation is 2. The Morgan fingerprint density at radius 3 is 3.00 bits per heavy atom. The average Bonchev–Trinajstić information content (AvgIpc) is 2.96. The Bertz CT molecular complexity index is 599. The van der Waals surface area contributed by atoms with Crippen LogP contribution in [0.1, 0.15) is 36.1 Å². The van der Waals surface area contributed by atoms with Crippen LogP contribution in [0, 0.1) is 0 Å². The maximum Gasteiger partial charge on any atom is 0.226 e. The van der Waals surface area contributed by atoms with E-state index in [0.717, 1.165) is 23.7 Å². The number of aromatic nitrogens is 1. The fourth-order valence-electron chi connectivity index (χ4n) is 2.76. The van der Waals surface area contributed by atoms with E-state index in [4.69, 9.17) is 4.42 Å². The topological polar surface area (TPSA) is 38.1 Å².